The molecule has 0 aliphatic carbocycles. The first-order valence-electron chi connectivity index (χ1n) is 6.32. The van der Waals surface area contributed by atoms with Crippen molar-refractivity contribution in [3.63, 3.8) is 0 Å². The van der Waals surface area contributed by atoms with Gasteiger partial charge in [-0.15, -0.1) is 5.10 Å². The second kappa shape index (κ2) is 5.87. The van der Waals surface area contributed by atoms with Crippen molar-refractivity contribution in [3.05, 3.63) is 60.2 Å². The lowest BCUT2D eigenvalue weighted by Gasteiger charge is -2.04. The predicted molar refractivity (Wildman–Crippen MR) is 79.1 cm³/mol. The minimum absolute atomic E-state index is 0.501. The fraction of sp³-hybridized carbons (Fsp3) is 0. The van der Waals surface area contributed by atoms with Crippen molar-refractivity contribution in [3.8, 4) is 0 Å². The van der Waals surface area contributed by atoms with Gasteiger partial charge in [-0.05, 0) is 23.8 Å². The Bertz CT molecular complexity index is 780. The van der Waals surface area contributed by atoms with Gasteiger partial charge in [-0.3, -0.25) is 5.10 Å². The van der Waals surface area contributed by atoms with Crippen LogP contribution in [0.5, 0.6) is 0 Å². The van der Waals surface area contributed by atoms with E-state index in [4.69, 9.17) is 4.84 Å². The molecule has 104 valence electrons. The number of benzene rings is 2. The number of hydrogen-bond acceptors (Lipinski definition) is 5. The SMILES string of the molecule is O=C(C=Cc1ccccc1)ONc1cccc2[nH]nnc12. The average Bonchev–Trinajstić information content (AvgIpc) is 3.01. The van der Waals surface area contributed by atoms with E-state index >= 15 is 0 Å². The van der Waals surface area contributed by atoms with E-state index in [-0.39, 0.29) is 0 Å². The Hall–Kier alpha value is -3.15. The Morgan fingerprint density at radius 3 is 2.86 bits per heavy atom. The molecular weight excluding hydrogens is 268 g/mol. The van der Waals surface area contributed by atoms with Crippen molar-refractivity contribution >= 4 is 28.8 Å². The summed E-state index contributed by atoms with van der Waals surface area (Å²) in [6.45, 7) is 0. The summed E-state index contributed by atoms with van der Waals surface area (Å²) in [6.07, 6.45) is 3.03. The average molecular weight is 280 g/mol. The van der Waals surface area contributed by atoms with E-state index in [1.807, 2.05) is 36.4 Å². The number of fused-ring (bicyclic) bond motifs is 1. The monoisotopic (exact) mass is 280 g/mol. The van der Waals surface area contributed by atoms with Crippen LogP contribution >= 0.6 is 0 Å². The molecule has 3 aromatic rings. The van der Waals surface area contributed by atoms with E-state index in [2.05, 4.69) is 20.9 Å². The van der Waals surface area contributed by atoms with Crippen LogP contribution in [0.15, 0.2) is 54.6 Å². The third kappa shape index (κ3) is 3.06. The van der Waals surface area contributed by atoms with Gasteiger partial charge in [0.1, 0.15) is 11.2 Å². The Kier molecular flexibility index (Phi) is 3.60. The highest BCUT2D eigenvalue weighted by molar-refractivity contribution is 5.90. The van der Waals surface area contributed by atoms with Crippen LogP contribution in [-0.2, 0) is 9.63 Å². The fourth-order valence-corrected chi connectivity index (χ4v) is 1.82. The molecule has 1 aromatic heterocycles. The topological polar surface area (TPSA) is 79.9 Å². The normalized spacial score (nSPS) is 10.9. The van der Waals surface area contributed by atoms with Crippen molar-refractivity contribution in [2.45, 2.75) is 0 Å². The van der Waals surface area contributed by atoms with Gasteiger partial charge in [-0.2, -0.15) is 0 Å². The van der Waals surface area contributed by atoms with Gasteiger partial charge < -0.3 is 4.84 Å². The van der Waals surface area contributed by atoms with Crippen LogP contribution in [0.4, 0.5) is 5.69 Å². The van der Waals surface area contributed by atoms with E-state index in [1.54, 1.807) is 18.2 Å². The van der Waals surface area contributed by atoms with Crippen molar-refractivity contribution in [1.29, 1.82) is 0 Å². The quantitative estimate of drug-likeness (QED) is 0.567. The summed E-state index contributed by atoms with van der Waals surface area (Å²) in [6, 6.07) is 14.9. The van der Waals surface area contributed by atoms with Gasteiger partial charge in [-0.1, -0.05) is 41.6 Å². The van der Waals surface area contributed by atoms with E-state index in [0.29, 0.717) is 11.2 Å². The molecule has 6 heteroatoms. The summed E-state index contributed by atoms with van der Waals surface area (Å²) in [5.74, 6) is -0.501. The molecule has 6 nitrogen and oxygen atoms in total. The second-order valence-electron chi connectivity index (χ2n) is 4.28. The van der Waals surface area contributed by atoms with E-state index < -0.39 is 5.97 Å². The highest BCUT2D eigenvalue weighted by atomic mass is 16.7. The van der Waals surface area contributed by atoms with Gasteiger partial charge in [-0.25, -0.2) is 10.3 Å². The molecule has 3 rings (SSSR count). The maximum atomic E-state index is 11.6. The lowest BCUT2D eigenvalue weighted by Crippen LogP contribution is -2.07. The first-order chi connectivity index (χ1) is 10.3. The van der Waals surface area contributed by atoms with Gasteiger partial charge in [0, 0.05) is 6.08 Å². The Balaban J connectivity index is 1.64. The predicted octanol–water partition coefficient (Wildman–Crippen LogP) is 2.54. The third-order valence-corrected chi connectivity index (χ3v) is 2.83. The molecule has 2 aromatic carbocycles. The summed E-state index contributed by atoms with van der Waals surface area (Å²) < 4.78 is 0. The van der Waals surface area contributed by atoms with Crippen molar-refractivity contribution in [2.75, 3.05) is 5.48 Å². The van der Waals surface area contributed by atoms with Crippen LogP contribution in [0, 0.1) is 0 Å². The third-order valence-electron chi connectivity index (χ3n) is 2.83. The molecular formula is C15H12N4O2. The van der Waals surface area contributed by atoms with E-state index in [0.717, 1.165) is 11.1 Å². The standard InChI is InChI=1S/C15H12N4O2/c20-14(10-9-11-5-2-1-3-6-11)21-18-13-8-4-7-12-15(13)17-19-16-12/h1-10,18H,(H,16,17,19). The van der Waals surface area contributed by atoms with Gasteiger partial charge in [0.2, 0.25) is 0 Å². The Morgan fingerprint density at radius 1 is 1.14 bits per heavy atom. The summed E-state index contributed by atoms with van der Waals surface area (Å²) in [7, 11) is 0. The van der Waals surface area contributed by atoms with Crippen LogP contribution in [0.2, 0.25) is 0 Å². The largest absolute Gasteiger partial charge is 0.355 e. The molecule has 0 saturated carbocycles. The van der Waals surface area contributed by atoms with Crippen LogP contribution in [0.1, 0.15) is 5.56 Å². The maximum absolute atomic E-state index is 11.6. The zero-order valence-electron chi connectivity index (χ0n) is 11.0. The molecule has 0 bridgehead atoms. The minimum atomic E-state index is -0.501. The highest BCUT2D eigenvalue weighted by Gasteiger charge is 2.05. The molecule has 0 atom stereocenters. The summed E-state index contributed by atoms with van der Waals surface area (Å²) in [5, 5.41) is 10.3. The number of aromatic amines is 1. The fourth-order valence-electron chi connectivity index (χ4n) is 1.82. The molecule has 21 heavy (non-hydrogen) atoms. The van der Waals surface area contributed by atoms with E-state index in [9.17, 15) is 4.79 Å². The number of nitrogens with zero attached hydrogens (tertiary/aromatic N) is 2. The molecule has 1 heterocycles. The maximum Gasteiger partial charge on any atom is 0.355 e. The van der Waals surface area contributed by atoms with Gasteiger partial charge in [0.25, 0.3) is 0 Å². The zero-order valence-corrected chi connectivity index (χ0v) is 11.0. The molecule has 2 N–H and O–H groups in total. The van der Waals surface area contributed by atoms with Crippen molar-refractivity contribution in [2.24, 2.45) is 0 Å². The van der Waals surface area contributed by atoms with Gasteiger partial charge in [0.05, 0.1) is 5.52 Å². The summed E-state index contributed by atoms with van der Waals surface area (Å²) in [4.78, 5) is 16.6. The van der Waals surface area contributed by atoms with Crippen LogP contribution in [0.3, 0.4) is 0 Å². The number of aromatic nitrogens is 3. The second-order valence-corrected chi connectivity index (χ2v) is 4.28. The van der Waals surface area contributed by atoms with Crippen molar-refractivity contribution in [1.82, 2.24) is 15.4 Å². The first kappa shape index (κ1) is 12.9. The van der Waals surface area contributed by atoms with Crippen LogP contribution < -0.4 is 5.48 Å². The summed E-state index contributed by atoms with van der Waals surface area (Å²) in [5.41, 5.74) is 5.45. The van der Waals surface area contributed by atoms with Gasteiger partial charge in [0.15, 0.2) is 0 Å². The lowest BCUT2D eigenvalue weighted by molar-refractivity contribution is -0.134. The number of rotatable bonds is 4. The molecule has 0 spiro atoms. The number of hydrogen-bond donors (Lipinski definition) is 2. The number of anilines is 1. The number of H-pyrrole nitrogens is 1. The highest BCUT2D eigenvalue weighted by Crippen LogP contribution is 2.18. The molecule has 0 fully saturated rings. The molecule has 0 saturated heterocycles. The Labute approximate surface area is 120 Å². The molecule has 0 aliphatic rings. The van der Waals surface area contributed by atoms with Crippen LogP contribution in [-0.4, -0.2) is 21.4 Å². The van der Waals surface area contributed by atoms with Gasteiger partial charge >= 0.3 is 5.97 Å². The number of carbonyl (C=O) groups is 1. The lowest BCUT2D eigenvalue weighted by atomic mass is 10.2. The molecule has 0 amide bonds. The molecule has 0 aliphatic heterocycles. The Morgan fingerprint density at radius 2 is 2.00 bits per heavy atom. The van der Waals surface area contributed by atoms with Crippen LogP contribution in [0.25, 0.3) is 17.1 Å². The zero-order chi connectivity index (χ0) is 14.5. The number of nitrogens with one attached hydrogen (secondary N) is 2. The first-order valence-corrected chi connectivity index (χ1v) is 6.32. The smallest absolute Gasteiger partial charge is 0.339 e. The summed E-state index contributed by atoms with van der Waals surface area (Å²) >= 11 is 0. The number of carbonyl (C=O) groups excluding carboxylic acids is 1. The molecule has 0 radical (unpaired) electrons. The molecule has 0 unspecified atom stereocenters. The van der Waals surface area contributed by atoms with E-state index in [1.165, 1.54) is 6.08 Å². The minimum Gasteiger partial charge on any atom is -0.339 e. The van der Waals surface area contributed by atoms with Crippen molar-refractivity contribution < 1.29 is 9.63 Å².